The number of fused-ring (bicyclic) bond motifs is 1. The van der Waals surface area contributed by atoms with Crippen LogP contribution in [0.3, 0.4) is 0 Å². The van der Waals surface area contributed by atoms with Gasteiger partial charge in [-0.3, -0.25) is 4.79 Å². The van der Waals surface area contributed by atoms with Gasteiger partial charge in [-0.15, -0.1) is 11.3 Å². The zero-order chi connectivity index (χ0) is 18.1. The van der Waals surface area contributed by atoms with Crippen molar-refractivity contribution in [3.63, 3.8) is 0 Å². The number of rotatable bonds is 4. The number of benzene rings is 1. The average Bonchev–Trinajstić information content (AvgIpc) is 3.20. The highest BCUT2D eigenvalue weighted by Crippen LogP contribution is 2.30. The maximum absolute atomic E-state index is 12.2. The van der Waals surface area contributed by atoms with Crippen molar-refractivity contribution >= 4 is 32.2 Å². The fourth-order valence-electron chi connectivity index (χ4n) is 3.82. The highest BCUT2D eigenvalue weighted by atomic mass is 32.2. The molecule has 26 heavy (non-hydrogen) atoms. The van der Waals surface area contributed by atoms with E-state index in [0.717, 1.165) is 24.1 Å². The van der Waals surface area contributed by atoms with Gasteiger partial charge in [-0.1, -0.05) is 12.1 Å². The maximum atomic E-state index is 12.2. The van der Waals surface area contributed by atoms with E-state index >= 15 is 0 Å². The first-order valence-electron chi connectivity index (χ1n) is 9.06. The van der Waals surface area contributed by atoms with Crippen LogP contribution in [0.25, 0.3) is 11.3 Å². The number of anilines is 1. The molecular weight excluding hydrogens is 368 g/mol. The lowest BCUT2D eigenvalue weighted by atomic mass is 9.90. The fraction of sp³-hybridized carbons (Fsp3) is 0.474. The predicted octanol–water partition coefficient (Wildman–Crippen LogP) is 3.45. The summed E-state index contributed by atoms with van der Waals surface area (Å²) in [5, 5.41) is 5.35. The number of aryl methyl sites for hydroxylation is 2. The SMILES string of the molecule is O=C(CC1CCS(=O)(=O)C1)Nc1nc(-c2ccc3c(c2)CCCC3)cs1. The molecule has 2 heterocycles. The average molecular weight is 391 g/mol. The van der Waals surface area contributed by atoms with E-state index in [4.69, 9.17) is 0 Å². The van der Waals surface area contributed by atoms with E-state index in [9.17, 15) is 13.2 Å². The summed E-state index contributed by atoms with van der Waals surface area (Å²) >= 11 is 1.41. The van der Waals surface area contributed by atoms with Gasteiger partial charge >= 0.3 is 0 Å². The number of hydrogen-bond acceptors (Lipinski definition) is 5. The molecule has 2 aliphatic rings. The first-order valence-corrected chi connectivity index (χ1v) is 11.8. The van der Waals surface area contributed by atoms with Crippen LogP contribution in [0.2, 0.25) is 0 Å². The number of nitrogens with zero attached hydrogens (tertiary/aromatic N) is 1. The van der Waals surface area contributed by atoms with Crippen molar-refractivity contribution in [3.05, 3.63) is 34.7 Å². The quantitative estimate of drug-likeness (QED) is 0.867. The molecular formula is C19H22N2O3S2. The van der Waals surface area contributed by atoms with Crippen LogP contribution in [0.5, 0.6) is 0 Å². The maximum Gasteiger partial charge on any atom is 0.226 e. The van der Waals surface area contributed by atoms with E-state index in [2.05, 4.69) is 28.5 Å². The van der Waals surface area contributed by atoms with E-state index in [1.165, 1.54) is 35.3 Å². The molecule has 1 aromatic heterocycles. The lowest BCUT2D eigenvalue weighted by Gasteiger charge is -2.16. The standard InChI is InChI=1S/C19H22N2O3S2/c22-18(9-13-7-8-26(23,24)12-13)21-19-20-17(11-25-19)16-6-5-14-3-1-2-4-15(14)10-16/h5-6,10-11,13H,1-4,7-9,12H2,(H,20,21,22). The zero-order valence-corrected chi connectivity index (χ0v) is 16.2. The summed E-state index contributed by atoms with van der Waals surface area (Å²) in [4.78, 5) is 16.7. The lowest BCUT2D eigenvalue weighted by Crippen LogP contribution is -2.17. The number of sulfone groups is 1. The van der Waals surface area contributed by atoms with Crippen LogP contribution in [0.4, 0.5) is 5.13 Å². The Hall–Kier alpha value is -1.73. The van der Waals surface area contributed by atoms with Gasteiger partial charge in [-0.25, -0.2) is 13.4 Å². The second-order valence-corrected chi connectivity index (χ2v) is 10.3. The van der Waals surface area contributed by atoms with Gasteiger partial charge in [0.25, 0.3) is 0 Å². The van der Waals surface area contributed by atoms with Crippen molar-refractivity contribution in [1.82, 2.24) is 4.98 Å². The van der Waals surface area contributed by atoms with Gasteiger partial charge in [0.1, 0.15) is 0 Å². The molecule has 1 aliphatic heterocycles. The Morgan fingerprint density at radius 3 is 2.81 bits per heavy atom. The molecule has 4 rings (SSSR count). The Morgan fingerprint density at radius 1 is 1.23 bits per heavy atom. The molecule has 1 fully saturated rings. The summed E-state index contributed by atoms with van der Waals surface area (Å²) in [5.41, 5.74) is 4.82. The summed E-state index contributed by atoms with van der Waals surface area (Å²) in [6.07, 6.45) is 5.61. The third-order valence-corrected chi connectivity index (χ3v) is 7.79. The molecule has 1 unspecified atom stereocenters. The van der Waals surface area contributed by atoms with E-state index in [1.54, 1.807) is 0 Å². The number of nitrogens with one attached hydrogen (secondary N) is 1. The number of carbonyl (C=O) groups excluding carboxylic acids is 1. The van der Waals surface area contributed by atoms with Crippen molar-refractivity contribution in [2.45, 2.75) is 38.5 Å². The van der Waals surface area contributed by atoms with E-state index in [0.29, 0.717) is 11.6 Å². The Balaban J connectivity index is 1.41. The van der Waals surface area contributed by atoms with Crippen LogP contribution in [0, 0.1) is 5.92 Å². The molecule has 0 radical (unpaired) electrons. The molecule has 2 aromatic rings. The van der Waals surface area contributed by atoms with Crippen LogP contribution in [0.15, 0.2) is 23.6 Å². The summed E-state index contributed by atoms with van der Waals surface area (Å²) in [7, 11) is -2.95. The monoisotopic (exact) mass is 390 g/mol. The van der Waals surface area contributed by atoms with E-state index in [-0.39, 0.29) is 29.8 Å². The van der Waals surface area contributed by atoms with Crippen LogP contribution < -0.4 is 5.32 Å². The summed E-state index contributed by atoms with van der Waals surface area (Å²) in [6, 6.07) is 6.52. The molecule has 1 N–H and O–H groups in total. The Bertz CT molecular complexity index is 934. The van der Waals surface area contributed by atoms with Crippen LogP contribution in [0.1, 0.15) is 36.8 Å². The third kappa shape index (κ3) is 3.99. The minimum absolute atomic E-state index is 0.0694. The molecule has 1 saturated heterocycles. The van der Waals surface area contributed by atoms with Crippen molar-refractivity contribution in [3.8, 4) is 11.3 Å². The minimum atomic E-state index is -2.95. The Morgan fingerprint density at radius 2 is 2.04 bits per heavy atom. The number of aromatic nitrogens is 1. The first-order chi connectivity index (χ1) is 12.5. The highest BCUT2D eigenvalue weighted by molar-refractivity contribution is 7.91. The summed E-state index contributed by atoms with van der Waals surface area (Å²) < 4.78 is 23.0. The molecule has 1 atom stereocenters. The van der Waals surface area contributed by atoms with Gasteiger partial charge in [0.2, 0.25) is 5.91 Å². The Labute approximate surface area is 157 Å². The van der Waals surface area contributed by atoms with Crippen molar-refractivity contribution in [1.29, 1.82) is 0 Å². The Kier molecular flexibility index (Phi) is 4.84. The highest BCUT2D eigenvalue weighted by Gasteiger charge is 2.29. The molecule has 0 saturated carbocycles. The number of thiazole rings is 1. The van der Waals surface area contributed by atoms with Crippen molar-refractivity contribution < 1.29 is 13.2 Å². The molecule has 138 valence electrons. The van der Waals surface area contributed by atoms with Gasteiger partial charge in [0.05, 0.1) is 17.2 Å². The third-order valence-electron chi connectivity index (χ3n) is 5.20. The van der Waals surface area contributed by atoms with Crippen LogP contribution in [-0.2, 0) is 27.5 Å². The van der Waals surface area contributed by atoms with Gasteiger partial charge in [-0.05, 0) is 55.2 Å². The number of amides is 1. The zero-order valence-electron chi connectivity index (χ0n) is 14.5. The van der Waals surface area contributed by atoms with Crippen LogP contribution in [-0.4, -0.2) is 30.8 Å². The molecule has 1 aliphatic carbocycles. The second-order valence-electron chi connectivity index (χ2n) is 7.25. The van der Waals surface area contributed by atoms with Crippen molar-refractivity contribution in [2.75, 3.05) is 16.8 Å². The first kappa shape index (κ1) is 17.7. The van der Waals surface area contributed by atoms with Crippen molar-refractivity contribution in [2.24, 2.45) is 5.92 Å². The molecule has 0 bridgehead atoms. The largest absolute Gasteiger partial charge is 0.302 e. The normalized spacial score (nSPS) is 21.3. The molecule has 1 amide bonds. The number of carbonyl (C=O) groups is 1. The fourth-order valence-corrected chi connectivity index (χ4v) is 6.42. The topological polar surface area (TPSA) is 76.1 Å². The smallest absolute Gasteiger partial charge is 0.226 e. The van der Waals surface area contributed by atoms with E-state index < -0.39 is 9.84 Å². The molecule has 1 aromatic carbocycles. The predicted molar refractivity (Wildman–Crippen MR) is 104 cm³/mol. The molecule has 7 heteroatoms. The summed E-state index contributed by atoms with van der Waals surface area (Å²) in [5.74, 6) is 0.0992. The van der Waals surface area contributed by atoms with Gasteiger partial charge in [-0.2, -0.15) is 0 Å². The van der Waals surface area contributed by atoms with Gasteiger partial charge in [0.15, 0.2) is 15.0 Å². The van der Waals surface area contributed by atoms with Gasteiger partial charge < -0.3 is 5.32 Å². The van der Waals surface area contributed by atoms with Crippen LogP contribution >= 0.6 is 11.3 Å². The summed E-state index contributed by atoms with van der Waals surface area (Å²) in [6.45, 7) is 0. The minimum Gasteiger partial charge on any atom is -0.302 e. The molecule has 5 nitrogen and oxygen atoms in total. The second kappa shape index (κ2) is 7.12. The number of hydrogen-bond donors (Lipinski definition) is 1. The van der Waals surface area contributed by atoms with E-state index in [1.807, 2.05) is 5.38 Å². The van der Waals surface area contributed by atoms with Gasteiger partial charge in [0, 0.05) is 17.4 Å². The lowest BCUT2D eigenvalue weighted by molar-refractivity contribution is -0.116. The molecule has 0 spiro atoms.